The second kappa shape index (κ2) is 6.79. The molecule has 2 saturated carbocycles. The molecule has 2 aromatic carbocycles. The van der Waals surface area contributed by atoms with Crippen LogP contribution in [0, 0.1) is 35.5 Å². The van der Waals surface area contributed by atoms with Gasteiger partial charge in [0.05, 0.1) is 17.5 Å². The summed E-state index contributed by atoms with van der Waals surface area (Å²) in [5.74, 6) is 0.775. The molecule has 0 unspecified atom stereocenters. The Bertz CT molecular complexity index is 1100. The van der Waals surface area contributed by atoms with E-state index in [1.54, 1.807) is 48.5 Å². The third-order valence-corrected chi connectivity index (χ3v) is 7.55. The number of carbonyl (C=O) groups is 3. The van der Waals surface area contributed by atoms with E-state index in [-0.39, 0.29) is 47.9 Å². The third-order valence-electron chi connectivity index (χ3n) is 7.29. The van der Waals surface area contributed by atoms with Gasteiger partial charge in [-0.05, 0) is 66.5 Å². The van der Waals surface area contributed by atoms with Crippen LogP contribution in [0.4, 0.5) is 5.69 Å². The van der Waals surface area contributed by atoms with Crippen LogP contribution in [0.25, 0.3) is 0 Å². The summed E-state index contributed by atoms with van der Waals surface area (Å²) < 4.78 is 5.80. The first-order valence-corrected chi connectivity index (χ1v) is 11.0. The van der Waals surface area contributed by atoms with Gasteiger partial charge in [-0.2, -0.15) is 0 Å². The van der Waals surface area contributed by atoms with Gasteiger partial charge in [-0.1, -0.05) is 35.9 Å². The van der Waals surface area contributed by atoms with Crippen molar-refractivity contribution < 1.29 is 19.1 Å². The van der Waals surface area contributed by atoms with Crippen LogP contribution in [0.3, 0.4) is 0 Å². The van der Waals surface area contributed by atoms with Crippen LogP contribution in [-0.4, -0.2) is 24.2 Å². The Kier molecular flexibility index (Phi) is 4.12. The number of nitrogens with zero attached hydrogens (tertiary/aromatic N) is 1. The predicted molar refractivity (Wildman–Crippen MR) is 115 cm³/mol. The largest absolute Gasteiger partial charge is 0.483 e. The number of amides is 2. The average molecular weight is 434 g/mol. The van der Waals surface area contributed by atoms with Gasteiger partial charge in [0.15, 0.2) is 12.4 Å². The number of ether oxygens (including phenoxy) is 1. The maximum Gasteiger partial charge on any atom is 0.238 e. The van der Waals surface area contributed by atoms with Crippen LogP contribution in [0.15, 0.2) is 60.7 Å². The van der Waals surface area contributed by atoms with E-state index in [1.165, 1.54) is 4.90 Å². The SMILES string of the molecule is O=C(COc1ccccc1N1C(=O)[C@@H]2[C@H]3C=C[C@@H]([C@@H]4C[C@@H]34)[C@H]2C1=O)c1ccc(Cl)cc1. The van der Waals surface area contributed by atoms with Gasteiger partial charge < -0.3 is 4.74 Å². The van der Waals surface area contributed by atoms with Crippen molar-refractivity contribution in [2.75, 3.05) is 11.5 Å². The summed E-state index contributed by atoms with van der Waals surface area (Å²) in [7, 11) is 0. The van der Waals surface area contributed by atoms with Crippen LogP contribution in [0.5, 0.6) is 5.75 Å². The topological polar surface area (TPSA) is 63.7 Å². The van der Waals surface area contributed by atoms with Crippen LogP contribution in [0.2, 0.25) is 5.02 Å². The van der Waals surface area contributed by atoms with Crippen molar-refractivity contribution in [3.8, 4) is 5.75 Å². The highest BCUT2D eigenvalue weighted by Gasteiger charge is 2.67. The van der Waals surface area contributed by atoms with Gasteiger partial charge in [0.1, 0.15) is 5.75 Å². The molecule has 5 nitrogen and oxygen atoms in total. The lowest BCUT2D eigenvalue weighted by Crippen LogP contribution is -2.40. The van der Waals surface area contributed by atoms with Crippen molar-refractivity contribution in [3.05, 3.63) is 71.3 Å². The fourth-order valence-electron chi connectivity index (χ4n) is 5.82. The number of para-hydroxylation sites is 2. The van der Waals surface area contributed by atoms with Gasteiger partial charge in [-0.25, -0.2) is 4.90 Å². The van der Waals surface area contributed by atoms with Crippen LogP contribution in [-0.2, 0) is 9.59 Å². The van der Waals surface area contributed by atoms with E-state index in [0.717, 1.165) is 6.42 Å². The van der Waals surface area contributed by atoms with E-state index >= 15 is 0 Å². The van der Waals surface area contributed by atoms with Crippen molar-refractivity contribution in [3.63, 3.8) is 0 Å². The summed E-state index contributed by atoms with van der Waals surface area (Å²) in [5, 5.41) is 0.552. The molecule has 0 radical (unpaired) electrons. The molecule has 1 aliphatic heterocycles. The first kappa shape index (κ1) is 18.8. The maximum atomic E-state index is 13.4. The molecule has 5 aliphatic rings. The molecule has 0 N–H and O–H groups in total. The van der Waals surface area contributed by atoms with Crippen molar-refractivity contribution >= 4 is 34.9 Å². The normalized spacial score (nSPS) is 32.1. The number of Topliss-reactive ketones (excluding diaryl/α,β-unsaturated/α-hetero) is 1. The second-order valence-corrected chi connectivity index (χ2v) is 9.29. The fraction of sp³-hybridized carbons (Fsp3) is 0.320. The summed E-state index contributed by atoms with van der Waals surface area (Å²) in [4.78, 5) is 40.6. The molecule has 2 amide bonds. The van der Waals surface area contributed by atoms with Gasteiger partial charge in [0, 0.05) is 10.6 Å². The molecule has 7 rings (SSSR count). The maximum absolute atomic E-state index is 13.4. The molecule has 0 spiro atoms. The van der Waals surface area contributed by atoms with Crippen molar-refractivity contribution in [1.29, 1.82) is 0 Å². The molecule has 2 aromatic rings. The Labute approximate surface area is 184 Å². The summed E-state index contributed by atoms with van der Waals surface area (Å²) >= 11 is 5.88. The Morgan fingerprint density at radius 3 is 2.19 bits per heavy atom. The van der Waals surface area contributed by atoms with Gasteiger partial charge >= 0.3 is 0 Å². The van der Waals surface area contributed by atoms with Crippen molar-refractivity contribution in [2.45, 2.75) is 6.42 Å². The minimum atomic E-state index is -0.269. The van der Waals surface area contributed by atoms with E-state index in [2.05, 4.69) is 12.2 Å². The van der Waals surface area contributed by atoms with E-state index in [9.17, 15) is 14.4 Å². The lowest BCUT2D eigenvalue weighted by atomic mass is 9.63. The number of halogens is 1. The standard InChI is InChI=1S/C25H20ClNO4/c26-14-7-5-13(6-8-14)20(28)12-31-21-4-2-1-3-19(21)27-24(29)22-15-9-10-16(18-11-17(15)18)23(22)25(27)30/h1-10,15-18,22-23H,11-12H2/t15-,16-,17-,18-,22+,23+/m0/s1. The molecule has 2 bridgehead atoms. The minimum absolute atomic E-state index is 0.139. The first-order valence-electron chi connectivity index (χ1n) is 10.6. The van der Waals surface area contributed by atoms with Crippen molar-refractivity contribution in [2.24, 2.45) is 35.5 Å². The number of ketones is 1. The lowest BCUT2D eigenvalue weighted by molar-refractivity contribution is -0.124. The number of carbonyl (C=O) groups excluding carboxylic acids is 3. The third kappa shape index (κ3) is 2.79. The highest BCUT2D eigenvalue weighted by atomic mass is 35.5. The number of hydrogen-bond donors (Lipinski definition) is 0. The predicted octanol–water partition coefficient (Wildman–Crippen LogP) is 4.16. The summed E-state index contributed by atoms with van der Waals surface area (Å²) in [6.45, 7) is -0.196. The van der Waals surface area contributed by atoms with E-state index in [1.807, 2.05) is 0 Å². The number of allylic oxidation sites excluding steroid dienone is 2. The number of imide groups is 1. The van der Waals surface area contributed by atoms with Gasteiger partial charge in [-0.15, -0.1) is 0 Å². The first-order chi connectivity index (χ1) is 15.0. The Balaban J connectivity index is 1.26. The van der Waals surface area contributed by atoms with Crippen LogP contribution in [0.1, 0.15) is 16.8 Å². The zero-order valence-electron chi connectivity index (χ0n) is 16.6. The number of hydrogen-bond acceptors (Lipinski definition) is 4. The zero-order valence-corrected chi connectivity index (χ0v) is 17.4. The van der Waals surface area contributed by atoms with E-state index in [4.69, 9.17) is 16.3 Å². The number of rotatable bonds is 5. The lowest BCUT2D eigenvalue weighted by Gasteiger charge is -2.37. The molecule has 1 heterocycles. The molecule has 0 aromatic heterocycles. The minimum Gasteiger partial charge on any atom is -0.483 e. The molecule has 156 valence electrons. The van der Waals surface area contributed by atoms with Crippen LogP contribution >= 0.6 is 11.6 Å². The molecule has 6 heteroatoms. The highest BCUT2D eigenvalue weighted by molar-refractivity contribution is 6.30. The molecule has 4 aliphatic carbocycles. The molecule has 6 atom stereocenters. The van der Waals surface area contributed by atoms with Gasteiger partial charge in [-0.3, -0.25) is 14.4 Å². The zero-order chi connectivity index (χ0) is 21.3. The van der Waals surface area contributed by atoms with E-state index in [0.29, 0.717) is 33.9 Å². The molecule has 3 fully saturated rings. The van der Waals surface area contributed by atoms with Gasteiger partial charge in [0.25, 0.3) is 0 Å². The summed E-state index contributed by atoms with van der Waals surface area (Å²) in [5.41, 5.74) is 0.909. The highest BCUT2D eigenvalue weighted by Crippen LogP contribution is 2.65. The van der Waals surface area contributed by atoms with Crippen molar-refractivity contribution in [1.82, 2.24) is 0 Å². The van der Waals surface area contributed by atoms with Crippen LogP contribution < -0.4 is 9.64 Å². The fourth-order valence-corrected chi connectivity index (χ4v) is 5.95. The van der Waals surface area contributed by atoms with E-state index < -0.39 is 0 Å². The quantitative estimate of drug-likeness (QED) is 0.403. The molecular weight excluding hydrogens is 414 g/mol. The second-order valence-electron chi connectivity index (χ2n) is 8.85. The average Bonchev–Trinajstić information content (AvgIpc) is 3.56. The monoisotopic (exact) mass is 433 g/mol. The Morgan fingerprint density at radius 2 is 1.55 bits per heavy atom. The van der Waals surface area contributed by atoms with Gasteiger partial charge in [0.2, 0.25) is 11.8 Å². The summed E-state index contributed by atoms with van der Waals surface area (Å²) in [6, 6.07) is 13.5. The number of benzene rings is 2. The molecule has 1 saturated heterocycles. The Morgan fingerprint density at radius 1 is 0.935 bits per heavy atom. The summed E-state index contributed by atoms with van der Waals surface area (Å²) in [6.07, 6.45) is 5.44. The smallest absolute Gasteiger partial charge is 0.238 e. The Hall–Kier alpha value is -2.92. The molecule has 31 heavy (non-hydrogen) atoms. The number of anilines is 1. The molecular formula is C25H20ClNO4.